The lowest BCUT2D eigenvalue weighted by molar-refractivity contribution is 0.111. The number of aldehydes is 1. The van der Waals surface area contributed by atoms with Crippen LogP contribution in [0.25, 0.3) is 22.3 Å². The van der Waals surface area contributed by atoms with Crippen LogP contribution < -0.4 is 5.32 Å². The lowest BCUT2D eigenvalue weighted by atomic mass is 10.1. The van der Waals surface area contributed by atoms with Crippen molar-refractivity contribution in [3.8, 4) is 11.3 Å². The van der Waals surface area contributed by atoms with Gasteiger partial charge in [-0.05, 0) is 45.0 Å². The van der Waals surface area contributed by atoms with Gasteiger partial charge >= 0.3 is 0 Å². The first-order chi connectivity index (χ1) is 14.8. The monoisotopic (exact) mass is 426 g/mol. The van der Waals surface area contributed by atoms with E-state index in [1.807, 2.05) is 18.4 Å². The van der Waals surface area contributed by atoms with Crippen molar-refractivity contribution in [3.05, 3.63) is 59.4 Å². The van der Waals surface area contributed by atoms with Crippen molar-refractivity contribution in [1.82, 2.24) is 24.5 Å². The normalized spacial score (nSPS) is 11.3. The highest BCUT2D eigenvalue weighted by Gasteiger charge is 2.18. The number of hydrogen-bond donors (Lipinski definition) is 1. The van der Waals surface area contributed by atoms with E-state index in [2.05, 4.69) is 25.3 Å². The van der Waals surface area contributed by atoms with Crippen LogP contribution in [0.4, 0.5) is 24.9 Å². The quantitative estimate of drug-likeness (QED) is 0.366. The van der Waals surface area contributed by atoms with E-state index in [4.69, 9.17) is 0 Å². The summed E-state index contributed by atoms with van der Waals surface area (Å²) in [5.74, 6) is -1.74. The van der Waals surface area contributed by atoms with Crippen LogP contribution in [0, 0.1) is 24.5 Å². The number of rotatable bonds is 5. The van der Waals surface area contributed by atoms with Gasteiger partial charge in [0.15, 0.2) is 17.9 Å². The molecule has 0 spiro atoms. The molecule has 10 heteroatoms. The Kier molecular flexibility index (Phi) is 5.14. The Balaban J connectivity index is 1.78. The van der Waals surface area contributed by atoms with Gasteiger partial charge in [0.2, 0.25) is 11.9 Å². The van der Waals surface area contributed by atoms with E-state index >= 15 is 0 Å². The highest BCUT2D eigenvalue weighted by Crippen LogP contribution is 2.30. The van der Waals surface area contributed by atoms with Crippen LogP contribution in [0.15, 0.2) is 30.5 Å². The average Bonchev–Trinajstić information content (AvgIpc) is 3.06. The molecule has 31 heavy (non-hydrogen) atoms. The number of aryl methyl sites for hydroxylation is 1. The van der Waals surface area contributed by atoms with E-state index in [-0.39, 0.29) is 40.1 Å². The first-order valence-electron chi connectivity index (χ1n) is 9.38. The van der Waals surface area contributed by atoms with Crippen molar-refractivity contribution in [3.63, 3.8) is 0 Å². The predicted molar refractivity (Wildman–Crippen MR) is 109 cm³/mol. The maximum atomic E-state index is 14.7. The first kappa shape index (κ1) is 20.5. The fourth-order valence-corrected chi connectivity index (χ4v) is 3.40. The fourth-order valence-electron chi connectivity index (χ4n) is 3.40. The second-order valence-electron chi connectivity index (χ2n) is 7.16. The third-order valence-corrected chi connectivity index (χ3v) is 4.70. The van der Waals surface area contributed by atoms with E-state index in [1.165, 1.54) is 12.1 Å². The number of carbonyl (C=O) groups is 1. The number of aromatic nitrogens is 5. The highest BCUT2D eigenvalue weighted by atomic mass is 19.1. The highest BCUT2D eigenvalue weighted by molar-refractivity contribution is 5.83. The zero-order chi connectivity index (χ0) is 22.3. The number of fused-ring (bicyclic) bond motifs is 1. The average molecular weight is 426 g/mol. The van der Waals surface area contributed by atoms with Gasteiger partial charge in [-0.25, -0.2) is 28.7 Å². The molecule has 0 aliphatic carbocycles. The van der Waals surface area contributed by atoms with Crippen LogP contribution >= 0.6 is 0 Å². The summed E-state index contributed by atoms with van der Waals surface area (Å²) in [5.41, 5.74) is 0.565. The summed E-state index contributed by atoms with van der Waals surface area (Å²) < 4.78 is 44.9. The Bertz CT molecular complexity index is 1320. The largest absolute Gasteiger partial charge is 0.326 e. The molecule has 1 aromatic carbocycles. The summed E-state index contributed by atoms with van der Waals surface area (Å²) in [6.07, 6.45) is 1.26. The molecule has 158 valence electrons. The number of carbonyl (C=O) groups excluding carboxylic acids is 1. The minimum atomic E-state index is -0.966. The molecule has 0 saturated heterocycles. The smallest absolute Gasteiger partial charge is 0.229 e. The van der Waals surface area contributed by atoms with Gasteiger partial charge in [0.1, 0.15) is 22.9 Å². The molecule has 0 aliphatic rings. The van der Waals surface area contributed by atoms with Gasteiger partial charge in [0.05, 0.1) is 17.3 Å². The summed E-state index contributed by atoms with van der Waals surface area (Å²) in [5, 5.41) is 2.65. The molecule has 0 fully saturated rings. The minimum absolute atomic E-state index is 0.0161. The molecule has 0 atom stereocenters. The second-order valence-corrected chi connectivity index (χ2v) is 7.16. The minimum Gasteiger partial charge on any atom is -0.326 e. The molecule has 7 nitrogen and oxygen atoms in total. The molecule has 4 rings (SSSR count). The lowest BCUT2D eigenvalue weighted by Crippen LogP contribution is -2.04. The van der Waals surface area contributed by atoms with Crippen LogP contribution in [0.3, 0.4) is 0 Å². The van der Waals surface area contributed by atoms with Gasteiger partial charge in [0.25, 0.3) is 0 Å². The van der Waals surface area contributed by atoms with E-state index in [9.17, 15) is 18.0 Å². The number of benzene rings is 1. The molecule has 0 bridgehead atoms. The molecule has 3 heterocycles. The Morgan fingerprint density at radius 1 is 1.06 bits per heavy atom. The third kappa shape index (κ3) is 3.72. The number of halogens is 3. The van der Waals surface area contributed by atoms with Gasteiger partial charge < -0.3 is 9.88 Å². The number of hydrogen-bond acceptors (Lipinski definition) is 6. The summed E-state index contributed by atoms with van der Waals surface area (Å²) in [6.45, 7) is 5.65. The maximum Gasteiger partial charge on any atom is 0.229 e. The Morgan fingerprint density at radius 2 is 1.84 bits per heavy atom. The van der Waals surface area contributed by atoms with Crippen LogP contribution in [0.5, 0.6) is 0 Å². The van der Waals surface area contributed by atoms with Crippen LogP contribution in [-0.2, 0) is 0 Å². The Morgan fingerprint density at radius 3 is 2.52 bits per heavy atom. The summed E-state index contributed by atoms with van der Waals surface area (Å²) in [7, 11) is 0. The van der Waals surface area contributed by atoms with E-state index < -0.39 is 17.6 Å². The number of nitrogens with zero attached hydrogens (tertiary/aromatic N) is 5. The Labute approximate surface area is 175 Å². The molecule has 0 unspecified atom stereocenters. The van der Waals surface area contributed by atoms with Gasteiger partial charge in [-0.2, -0.15) is 4.39 Å². The van der Waals surface area contributed by atoms with Gasteiger partial charge in [-0.1, -0.05) is 0 Å². The second kappa shape index (κ2) is 7.78. The summed E-state index contributed by atoms with van der Waals surface area (Å²) in [6, 6.07) is 5.38. The van der Waals surface area contributed by atoms with Crippen molar-refractivity contribution >= 4 is 29.1 Å². The summed E-state index contributed by atoms with van der Waals surface area (Å²) >= 11 is 0. The van der Waals surface area contributed by atoms with Crippen molar-refractivity contribution in [2.45, 2.75) is 26.8 Å². The van der Waals surface area contributed by atoms with Crippen LogP contribution in [0.2, 0.25) is 0 Å². The molecular formula is C21H17F3N6O. The lowest BCUT2D eigenvalue weighted by Gasteiger charge is -2.12. The topological polar surface area (TPSA) is 85.6 Å². The SMILES string of the molecule is Cc1nc2c(F)cc(-c3nc(Nc4ccc(C=O)c(F)n4)ncc3F)cc2n1C(C)C. The van der Waals surface area contributed by atoms with E-state index in [1.54, 1.807) is 13.0 Å². The van der Waals surface area contributed by atoms with Crippen LogP contribution in [-0.4, -0.2) is 30.8 Å². The summed E-state index contributed by atoms with van der Waals surface area (Å²) in [4.78, 5) is 26.5. The van der Waals surface area contributed by atoms with Crippen molar-refractivity contribution in [2.75, 3.05) is 5.32 Å². The van der Waals surface area contributed by atoms with Crippen molar-refractivity contribution in [1.29, 1.82) is 0 Å². The molecule has 3 aromatic heterocycles. The van der Waals surface area contributed by atoms with Gasteiger partial charge in [-0.15, -0.1) is 0 Å². The molecule has 4 aromatic rings. The van der Waals surface area contributed by atoms with E-state index in [0.717, 1.165) is 12.3 Å². The molecular weight excluding hydrogens is 409 g/mol. The van der Waals surface area contributed by atoms with Gasteiger partial charge in [0, 0.05) is 11.6 Å². The standard InChI is InChI=1S/C21H17F3N6O/c1-10(2)30-11(3)26-19-14(22)6-13(7-16(19)30)18-15(23)8-25-21(29-18)28-17-5-4-12(9-31)20(24)27-17/h4-10H,1-3H3,(H,25,27,28,29). The van der Waals surface area contributed by atoms with Crippen molar-refractivity contribution in [2.24, 2.45) is 0 Å². The van der Waals surface area contributed by atoms with Crippen molar-refractivity contribution < 1.29 is 18.0 Å². The fraction of sp³-hybridized carbons (Fsp3) is 0.190. The molecule has 0 aliphatic heterocycles. The predicted octanol–water partition coefficient (Wildman–Crippen LogP) is 4.75. The van der Waals surface area contributed by atoms with E-state index in [0.29, 0.717) is 17.6 Å². The molecule has 1 N–H and O–H groups in total. The number of anilines is 2. The zero-order valence-corrected chi connectivity index (χ0v) is 16.8. The number of imidazole rings is 1. The Hall–Kier alpha value is -3.82. The molecule has 0 saturated carbocycles. The van der Waals surface area contributed by atoms with Gasteiger partial charge in [-0.3, -0.25) is 4.79 Å². The molecule has 0 amide bonds. The number of nitrogens with one attached hydrogen (secondary N) is 1. The van der Waals surface area contributed by atoms with Crippen LogP contribution in [0.1, 0.15) is 36.1 Å². The third-order valence-electron chi connectivity index (χ3n) is 4.70. The zero-order valence-electron chi connectivity index (χ0n) is 16.8. The first-order valence-corrected chi connectivity index (χ1v) is 9.38. The maximum absolute atomic E-state index is 14.7. The molecule has 0 radical (unpaired) electrons. The number of pyridine rings is 1.